The number of esters is 1. The number of hydrogen-bond acceptors (Lipinski definition) is 3. The van der Waals surface area contributed by atoms with Crippen LogP contribution in [-0.4, -0.2) is 19.7 Å². The Labute approximate surface area is 100 Å². The van der Waals surface area contributed by atoms with Crippen molar-refractivity contribution >= 4 is 17.6 Å². The minimum absolute atomic E-state index is 0.346. The molecule has 0 heterocycles. The maximum atomic E-state index is 11.6. The second kappa shape index (κ2) is 5.75. The topological polar surface area (TPSA) is 35.5 Å². The summed E-state index contributed by atoms with van der Waals surface area (Å²) in [5.41, 5.74) is 2.35. The number of halogens is 1. The second-order valence-electron chi connectivity index (χ2n) is 3.33. The third-order valence-corrected chi connectivity index (χ3v) is 2.59. The van der Waals surface area contributed by atoms with Gasteiger partial charge in [0.1, 0.15) is 11.3 Å². The smallest absolute Gasteiger partial charge is 0.341 e. The number of carbonyl (C=O) groups excluding carboxylic acids is 1. The standard InChI is InChI=1S/C12H15ClO3/c1-4-16-12(14)10-5-8(2)9(7-13)6-11(10)15-3/h5-6H,4,7H2,1-3H3. The number of aryl methyl sites for hydroxylation is 1. The van der Waals surface area contributed by atoms with Gasteiger partial charge in [-0.2, -0.15) is 0 Å². The summed E-state index contributed by atoms with van der Waals surface area (Å²) in [5, 5.41) is 0. The number of rotatable bonds is 4. The first kappa shape index (κ1) is 12.8. The average Bonchev–Trinajstić information content (AvgIpc) is 2.29. The predicted molar refractivity (Wildman–Crippen MR) is 63.2 cm³/mol. The van der Waals surface area contributed by atoms with Crippen molar-refractivity contribution in [1.82, 2.24) is 0 Å². The molecule has 0 atom stereocenters. The number of benzene rings is 1. The molecular weight excluding hydrogens is 228 g/mol. The Morgan fingerprint density at radius 2 is 2.12 bits per heavy atom. The van der Waals surface area contributed by atoms with Crippen molar-refractivity contribution in [2.45, 2.75) is 19.7 Å². The van der Waals surface area contributed by atoms with Crippen LogP contribution < -0.4 is 4.74 Å². The lowest BCUT2D eigenvalue weighted by Crippen LogP contribution is -2.08. The molecule has 0 aliphatic rings. The highest BCUT2D eigenvalue weighted by Gasteiger charge is 2.15. The first-order chi connectivity index (χ1) is 7.63. The van der Waals surface area contributed by atoms with Gasteiger partial charge in [-0.05, 0) is 37.1 Å². The van der Waals surface area contributed by atoms with E-state index in [0.717, 1.165) is 11.1 Å². The van der Waals surface area contributed by atoms with Crippen LogP contribution in [0.5, 0.6) is 5.75 Å². The average molecular weight is 243 g/mol. The zero-order chi connectivity index (χ0) is 12.1. The number of alkyl halides is 1. The third-order valence-electron chi connectivity index (χ3n) is 2.30. The van der Waals surface area contributed by atoms with Crippen LogP contribution in [0.4, 0.5) is 0 Å². The van der Waals surface area contributed by atoms with Crippen molar-refractivity contribution < 1.29 is 14.3 Å². The predicted octanol–water partition coefficient (Wildman–Crippen LogP) is 2.92. The van der Waals surface area contributed by atoms with Crippen molar-refractivity contribution in [3.8, 4) is 5.75 Å². The fraction of sp³-hybridized carbons (Fsp3) is 0.417. The summed E-state index contributed by atoms with van der Waals surface area (Å²) in [4.78, 5) is 11.6. The molecule has 0 aliphatic carbocycles. The maximum absolute atomic E-state index is 11.6. The van der Waals surface area contributed by atoms with E-state index in [2.05, 4.69) is 0 Å². The van der Waals surface area contributed by atoms with Gasteiger partial charge in [-0.15, -0.1) is 11.6 Å². The molecule has 4 heteroatoms. The van der Waals surface area contributed by atoms with Crippen LogP contribution in [0.2, 0.25) is 0 Å². The van der Waals surface area contributed by atoms with E-state index in [9.17, 15) is 4.79 Å². The van der Waals surface area contributed by atoms with Crippen molar-refractivity contribution in [1.29, 1.82) is 0 Å². The molecule has 1 rings (SSSR count). The van der Waals surface area contributed by atoms with E-state index in [0.29, 0.717) is 23.8 Å². The Hall–Kier alpha value is -1.22. The summed E-state index contributed by atoms with van der Waals surface area (Å²) in [5.74, 6) is 0.522. The molecule has 16 heavy (non-hydrogen) atoms. The minimum atomic E-state index is -0.372. The van der Waals surface area contributed by atoms with Gasteiger partial charge in [0, 0.05) is 5.88 Å². The molecule has 0 aliphatic heterocycles. The molecular formula is C12H15ClO3. The normalized spacial score (nSPS) is 10.0. The van der Waals surface area contributed by atoms with Gasteiger partial charge in [0.25, 0.3) is 0 Å². The Morgan fingerprint density at radius 3 is 2.62 bits per heavy atom. The summed E-state index contributed by atoms with van der Waals surface area (Å²) >= 11 is 5.78. The van der Waals surface area contributed by atoms with Crippen LogP contribution in [0.1, 0.15) is 28.4 Å². The molecule has 0 aromatic heterocycles. The Morgan fingerprint density at radius 1 is 1.44 bits per heavy atom. The van der Waals surface area contributed by atoms with Gasteiger partial charge in [-0.3, -0.25) is 0 Å². The molecule has 1 aromatic carbocycles. The van der Waals surface area contributed by atoms with E-state index < -0.39 is 0 Å². The van der Waals surface area contributed by atoms with Crippen LogP contribution >= 0.6 is 11.6 Å². The molecule has 0 saturated carbocycles. The number of carbonyl (C=O) groups is 1. The molecule has 3 nitrogen and oxygen atoms in total. The molecule has 0 spiro atoms. The Kier molecular flexibility index (Phi) is 4.62. The largest absolute Gasteiger partial charge is 0.496 e. The van der Waals surface area contributed by atoms with Crippen molar-refractivity contribution in [2.75, 3.05) is 13.7 Å². The quantitative estimate of drug-likeness (QED) is 0.602. The molecule has 0 bridgehead atoms. The van der Waals surface area contributed by atoms with E-state index in [1.165, 1.54) is 7.11 Å². The first-order valence-corrected chi connectivity index (χ1v) is 5.58. The summed E-state index contributed by atoms with van der Waals surface area (Å²) < 4.78 is 10.1. The van der Waals surface area contributed by atoms with Gasteiger partial charge in [0.05, 0.1) is 13.7 Å². The van der Waals surface area contributed by atoms with Gasteiger partial charge < -0.3 is 9.47 Å². The fourth-order valence-corrected chi connectivity index (χ4v) is 1.70. The molecule has 0 unspecified atom stereocenters. The van der Waals surface area contributed by atoms with Crippen molar-refractivity contribution in [3.05, 3.63) is 28.8 Å². The first-order valence-electron chi connectivity index (χ1n) is 5.04. The maximum Gasteiger partial charge on any atom is 0.341 e. The van der Waals surface area contributed by atoms with E-state index in [-0.39, 0.29) is 5.97 Å². The number of ether oxygens (including phenoxy) is 2. The highest BCUT2D eigenvalue weighted by molar-refractivity contribution is 6.17. The number of hydrogen-bond donors (Lipinski definition) is 0. The van der Waals surface area contributed by atoms with E-state index in [1.807, 2.05) is 6.92 Å². The second-order valence-corrected chi connectivity index (χ2v) is 3.60. The van der Waals surface area contributed by atoms with Crippen molar-refractivity contribution in [2.24, 2.45) is 0 Å². The van der Waals surface area contributed by atoms with Crippen LogP contribution in [0.15, 0.2) is 12.1 Å². The van der Waals surface area contributed by atoms with Gasteiger partial charge in [-0.1, -0.05) is 0 Å². The van der Waals surface area contributed by atoms with Gasteiger partial charge >= 0.3 is 5.97 Å². The van der Waals surface area contributed by atoms with Crippen molar-refractivity contribution in [3.63, 3.8) is 0 Å². The molecule has 0 amide bonds. The molecule has 0 fully saturated rings. The summed E-state index contributed by atoms with van der Waals surface area (Å²) in [7, 11) is 1.52. The lowest BCUT2D eigenvalue weighted by Gasteiger charge is -2.11. The van der Waals surface area contributed by atoms with E-state index in [1.54, 1.807) is 19.1 Å². The van der Waals surface area contributed by atoms with E-state index in [4.69, 9.17) is 21.1 Å². The van der Waals surface area contributed by atoms with Crippen LogP contribution in [0.25, 0.3) is 0 Å². The molecule has 0 saturated heterocycles. The molecule has 0 radical (unpaired) electrons. The van der Waals surface area contributed by atoms with Crippen LogP contribution in [0, 0.1) is 6.92 Å². The molecule has 1 aromatic rings. The van der Waals surface area contributed by atoms with Gasteiger partial charge in [0.2, 0.25) is 0 Å². The molecule has 0 N–H and O–H groups in total. The SMILES string of the molecule is CCOC(=O)c1cc(C)c(CCl)cc1OC. The third kappa shape index (κ3) is 2.67. The zero-order valence-electron chi connectivity index (χ0n) is 9.67. The summed E-state index contributed by atoms with van der Waals surface area (Å²) in [6.07, 6.45) is 0. The van der Waals surface area contributed by atoms with Crippen LogP contribution in [-0.2, 0) is 10.6 Å². The molecule has 88 valence electrons. The highest BCUT2D eigenvalue weighted by Crippen LogP contribution is 2.25. The zero-order valence-corrected chi connectivity index (χ0v) is 10.4. The summed E-state index contributed by atoms with van der Waals surface area (Å²) in [6, 6.07) is 3.52. The Bertz CT molecular complexity index is 388. The fourth-order valence-electron chi connectivity index (χ4n) is 1.41. The van der Waals surface area contributed by atoms with Gasteiger partial charge in [-0.25, -0.2) is 4.79 Å². The monoisotopic (exact) mass is 242 g/mol. The lowest BCUT2D eigenvalue weighted by atomic mass is 10.1. The van der Waals surface area contributed by atoms with Gasteiger partial charge in [0.15, 0.2) is 0 Å². The Balaban J connectivity index is 3.17. The lowest BCUT2D eigenvalue weighted by molar-refractivity contribution is 0.0522. The highest BCUT2D eigenvalue weighted by atomic mass is 35.5. The van der Waals surface area contributed by atoms with E-state index >= 15 is 0 Å². The van der Waals surface area contributed by atoms with Crippen LogP contribution in [0.3, 0.4) is 0 Å². The number of methoxy groups -OCH3 is 1. The summed E-state index contributed by atoms with van der Waals surface area (Å²) in [6.45, 7) is 4.02. The minimum Gasteiger partial charge on any atom is -0.496 e.